The zero-order valence-corrected chi connectivity index (χ0v) is 5.93. The van der Waals surface area contributed by atoms with Gasteiger partial charge >= 0.3 is 0 Å². The summed E-state index contributed by atoms with van der Waals surface area (Å²) < 4.78 is 0. The molecule has 0 aromatic rings. The van der Waals surface area contributed by atoms with E-state index in [0.29, 0.717) is 5.92 Å². The molecule has 54 valence electrons. The van der Waals surface area contributed by atoms with Gasteiger partial charge < -0.3 is 11.1 Å². The molecule has 1 aliphatic heterocycles. The lowest BCUT2D eigenvalue weighted by molar-refractivity contribution is 0.621. The molecule has 2 heteroatoms. The first-order valence-electron chi connectivity index (χ1n) is 3.76. The molecule has 1 aliphatic carbocycles. The van der Waals surface area contributed by atoms with Crippen molar-refractivity contribution in [2.45, 2.75) is 12.8 Å². The molecule has 0 amide bonds. The smallest absolute Gasteiger partial charge is 0.0150 e. The fraction of sp³-hybridized carbons (Fsp3) is 0.500. The monoisotopic (exact) mass is 136 g/mol. The lowest BCUT2D eigenvalue weighted by Gasteiger charge is -2.14. The van der Waals surface area contributed by atoms with Crippen molar-refractivity contribution in [3.05, 3.63) is 23.5 Å². The van der Waals surface area contributed by atoms with Crippen LogP contribution in [0.2, 0.25) is 0 Å². The summed E-state index contributed by atoms with van der Waals surface area (Å²) in [6.45, 7) is 1.12. The first-order valence-corrected chi connectivity index (χ1v) is 3.76. The van der Waals surface area contributed by atoms with E-state index in [-0.39, 0.29) is 0 Å². The number of hydrogen-bond acceptors (Lipinski definition) is 2. The Morgan fingerprint density at radius 1 is 1.50 bits per heavy atom. The van der Waals surface area contributed by atoms with E-state index in [1.807, 2.05) is 6.08 Å². The third-order valence-electron chi connectivity index (χ3n) is 2.22. The number of fused-ring (bicyclic) bond motifs is 1. The van der Waals surface area contributed by atoms with Crippen LogP contribution in [0.15, 0.2) is 23.5 Å². The van der Waals surface area contributed by atoms with Crippen LogP contribution in [-0.2, 0) is 0 Å². The summed E-state index contributed by atoms with van der Waals surface area (Å²) in [5.74, 6) is 0.699. The van der Waals surface area contributed by atoms with Crippen LogP contribution in [0.25, 0.3) is 0 Å². The lowest BCUT2D eigenvalue weighted by atomic mass is 9.95. The van der Waals surface area contributed by atoms with Crippen LogP contribution in [-0.4, -0.2) is 6.54 Å². The highest BCUT2D eigenvalue weighted by Crippen LogP contribution is 2.27. The van der Waals surface area contributed by atoms with Gasteiger partial charge in [-0.3, -0.25) is 0 Å². The minimum Gasteiger partial charge on any atom is -0.402 e. The van der Waals surface area contributed by atoms with Gasteiger partial charge in [0, 0.05) is 23.9 Å². The van der Waals surface area contributed by atoms with E-state index in [2.05, 4.69) is 11.4 Å². The Labute approximate surface area is 60.8 Å². The second kappa shape index (κ2) is 2.04. The lowest BCUT2D eigenvalue weighted by Crippen LogP contribution is -2.13. The van der Waals surface area contributed by atoms with E-state index in [4.69, 9.17) is 5.73 Å². The highest BCUT2D eigenvalue weighted by atomic mass is 14.9. The van der Waals surface area contributed by atoms with Gasteiger partial charge in [0.1, 0.15) is 0 Å². The average Bonchev–Trinajstić information content (AvgIpc) is 2.33. The van der Waals surface area contributed by atoms with E-state index in [1.165, 1.54) is 12.1 Å². The van der Waals surface area contributed by atoms with Crippen molar-refractivity contribution < 1.29 is 0 Å². The van der Waals surface area contributed by atoms with Crippen molar-refractivity contribution in [1.82, 2.24) is 5.32 Å². The Balaban J connectivity index is 2.22. The van der Waals surface area contributed by atoms with Crippen LogP contribution in [0, 0.1) is 5.92 Å². The molecule has 0 aromatic heterocycles. The third-order valence-corrected chi connectivity index (χ3v) is 2.22. The summed E-state index contributed by atoms with van der Waals surface area (Å²) in [6, 6.07) is 0. The topological polar surface area (TPSA) is 38.0 Å². The molecule has 10 heavy (non-hydrogen) atoms. The number of nitrogens with two attached hydrogens (primary N) is 1. The fourth-order valence-electron chi connectivity index (χ4n) is 1.65. The van der Waals surface area contributed by atoms with Gasteiger partial charge in [0.2, 0.25) is 0 Å². The van der Waals surface area contributed by atoms with Gasteiger partial charge in [-0.05, 0) is 25.0 Å². The predicted octanol–water partition coefficient (Wildman–Crippen LogP) is 0.726. The number of nitrogens with one attached hydrogen (secondary N) is 1. The molecule has 0 radical (unpaired) electrons. The number of allylic oxidation sites excluding steroid dienone is 4. The summed E-state index contributed by atoms with van der Waals surface area (Å²) in [6.07, 6.45) is 6.42. The van der Waals surface area contributed by atoms with Crippen LogP contribution >= 0.6 is 0 Å². The van der Waals surface area contributed by atoms with Gasteiger partial charge in [-0.25, -0.2) is 0 Å². The maximum absolute atomic E-state index is 5.68. The highest BCUT2D eigenvalue weighted by Gasteiger charge is 2.22. The summed E-state index contributed by atoms with van der Waals surface area (Å²) >= 11 is 0. The maximum atomic E-state index is 5.68. The van der Waals surface area contributed by atoms with Gasteiger partial charge in [0.15, 0.2) is 0 Å². The Bertz CT molecular complexity index is 203. The summed E-state index contributed by atoms with van der Waals surface area (Å²) in [5.41, 5.74) is 8.09. The second-order valence-electron chi connectivity index (χ2n) is 2.98. The van der Waals surface area contributed by atoms with Crippen molar-refractivity contribution in [3.8, 4) is 0 Å². The van der Waals surface area contributed by atoms with E-state index in [1.54, 1.807) is 0 Å². The zero-order chi connectivity index (χ0) is 6.97. The molecule has 2 nitrogen and oxygen atoms in total. The molecule has 0 bridgehead atoms. The fourth-order valence-corrected chi connectivity index (χ4v) is 1.65. The highest BCUT2D eigenvalue weighted by molar-refractivity contribution is 5.25. The second-order valence-corrected chi connectivity index (χ2v) is 2.98. The minimum atomic E-state index is 0.699. The summed E-state index contributed by atoms with van der Waals surface area (Å²) in [7, 11) is 0. The number of rotatable bonds is 0. The molecular formula is C8H12N2. The van der Waals surface area contributed by atoms with Crippen LogP contribution in [0.4, 0.5) is 0 Å². The van der Waals surface area contributed by atoms with Crippen molar-refractivity contribution in [1.29, 1.82) is 0 Å². The normalized spacial score (nSPS) is 30.2. The van der Waals surface area contributed by atoms with Crippen molar-refractivity contribution in [2.75, 3.05) is 6.54 Å². The molecule has 1 unspecified atom stereocenters. The molecular weight excluding hydrogens is 124 g/mol. The van der Waals surface area contributed by atoms with Gasteiger partial charge in [0.25, 0.3) is 0 Å². The van der Waals surface area contributed by atoms with E-state index < -0.39 is 0 Å². The number of hydrogen-bond donors (Lipinski definition) is 2. The molecule has 1 atom stereocenters. The molecule has 3 N–H and O–H groups in total. The molecule has 1 fully saturated rings. The zero-order valence-electron chi connectivity index (χ0n) is 5.93. The average molecular weight is 136 g/mol. The van der Waals surface area contributed by atoms with Crippen molar-refractivity contribution >= 4 is 0 Å². The largest absolute Gasteiger partial charge is 0.402 e. The molecule has 0 saturated carbocycles. The Morgan fingerprint density at radius 3 is 3.30 bits per heavy atom. The maximum Gasteiger partial charge on any atom is 0.0150 e. The Hall–Kier alpha value is -0.920. The molecule has 0 spiro atoms. The SMILES string of the molecule is NC1=CC=C2NCCC2C1. The van der Waals surface area contributed by atoms with Gasteiger partial charge in [-0.15, -0.1) is 0 Å². The molecule has 2 rings (SSSR count). The minimum absolute atomic E-state index is 0.699. The standard InChI is InChI=1S/C8H12N2/c9-7-1-2-8-6(5-7)3-4-10-8/h1-2,6,10H,3-5,9H2. The van der Waals surface area contributed by atoms with E-state index in [0.717, 1.165) is 18.7 Å². The van der Waals surface area contributed by atoms with E-state index >= 15 is 0 Å². The van der Waals surface area contributed by atoms with Crippen molar-refractivity contribution in [3.63, 3.8) is 0 Å². The Kier molecular flexibility index (Phi) is 1.19. The molecule has 2 aliphatic rings. The first kappa shape index (κ1) is 5.83. The predicted molar refractivity (Wildman–Crippen MR) is 41.1 cm³/mol. The first-order chi connectivity index (χ1) is 4.86. The quantitative estimate of drug-likeness (QED) is 0.515. The van der Waals surface area contributed by atoms with Gasteiger partial charge in [-0.1, -0.05) is 0 Å². The van der Waals surface area contributed by atoms with Gasteiger partial charge in [0.05, 0.1) is 0 Å². The van der Waals surface area contributed by atoms with Crippen LogP contribution in [0.3, 0.4) is 0 Å². The van der Waals surface area contributed by atoms with E-state index in [9.17, 15) is 0 Å². The molecule has 0 aromatic carbocycles. The van der Waals surface area contributed by atoms with Crippen LogP contribution < -0.4 is 11.1 Å². The van der Waals surface area contributed by atoms with Gasteiger partial charge in [-0.2, -0.15) is 0 Å². The van der Waals surface area contributed by atoms with Crippen LogP contribution in [0.1, 0.15) is 12.8 Å². The molecule has 1 heterocycles. The summed E-state index contributed by atoms with van der Waals surface area (Å²) in [4.78, 5) is 0. The third kappa shape index (κ3) is 0.801. The van der Waals surface area contributed by atoms with Crippen LogP contribution in [0.5, 0.6) is 0 Å². The van der Waals surface area contributed by atoms with Crippen molar-refractivity contribution in [2.24, 2.45) is 11.7 Å². The molecule has 1 saturated heterocycles. The summed E-state index contributed by atoms with van der Waals surface area (Å²) in [5, 5.41) is 3.34. The Morgan fingerprint density at radius 2 is 2.40 bits per heavy atom.